The molecular weight excluding hydrogens is 180 g/mol. The van der Waals surface area contributed by atoms with Gasteiger partial charge in [-0.3, -0.25) is 18.5 Å². The van der Waals surface area contributed by atoms with Crippen LogP contribution in [0.2, 0.25) is 0 Å². The maximum absolute atomic E-state index is 8.74. The van der Waals surface area contributed by atoms with Gasteiger partial charge in [-0.05, 0) is 0 Å². The van der Waals surface area contributed by atoms with Gasteiger partial charge in [0.25, 0.3) is 0 Å². The molecule has 9 heteroatoms. The van der Waals surface area contributed by atoms with Crippen molar-refractivity contribution in [2.45, 2.75) is 0 Å². The molecule has 0 fully saturated rings. The molecule has 0 unspecified atom stereocenters. The van der Waals surface area contributed by atoms with Crippen molar-refractivity contribution in [3.8, 4) is 0 Å². The molecule has 0 bridgehead atoms. The summed E-state index contributed by atoms with van der Waals surface area (Å²) in [5.74, 6) is 0. The molecular formula is H6F2Na2O4S. The van der Waals surface area contributed by atoms with Gasteiger partial charge in [-0.25, -0.2) is 0 Å². The topological polar surface area (TPSA) is 74.6 Å². The molecule has 0 aromatic heterocycles. The van der Waals surface area contributed by atoms with Gasteiger partial charge < -0.3 is 2.85 Å². The van der Waals surface area contributed by atoms with E-state index in [0.717, 1.165) is 0 Å². The van der Waals surface area contributed by atoms with Crippen LogP contribution in [0.25, 0.3) is 0 Å². The van der Waals surface area contributed by atoms with E-state index in [1.807, 2.05) is 0 Å². The van der Waals surface area contributed by atoms with Crippen molar-refractivity contribution in [1.82, 2.24) is 0 Å². The predicted octanol–water partition coefficient (Wildman–Crippen LogP) is -6.11. The molecule has 0 aliphatic carbocycles. The average molecular weight is 186 g/mol. The van der Waals surface area contributed by atoms with E-state index in [9.17, 15) is 0 Å². The van der Waals surface area contributed by atoms with Gasteiger partial charge in [-0.15, -0.1) is 0 Å². The van der Waals surface area contributed by atoms with Crippen molar-refractivity contribution in [3.05, 3.63) is 0 Å². The molecule has 9 heavy (non-hydrogen) atoms. The minimum Gasteiger partial charge on any atom is -1.00 e. The Balaban J connectivity index is -0.00000000533. The summed E-state index contributed by atoms with van der Waals surface area (Å²) in [6, 6.07) is 0. The van der Waals surface area contributed by atoms with E-state index in [-0.39, 0.29) is 71.4 Å². The molecule has 0 aromatic rings. The van der Waals surface area contributed by atoms with Crippen LogP contribution in [0.15, 0.2) is 0 Å². The Morgan fingerprint density at radius 2 is 1.00 bits per heavy atom. The summed E-state index contributed by atoms with van der Waals surface area (Å²) >= 11 is 0. The van der Waals surface area contributed by atoms with Crippen molar-refractivity contribution in [2.24, 2.45) is 0 Å². The summed E-state index contributed by atoms with van der Waals surface area (Å²) < 4.78 is 31.6. The molecule has 0 radical (unpaired) electrons. The van der Waals surface area contributed by atoms with Crippen LogP contribution >= 0.6 is 0 Å². The fourth-order valence-electron chi connectivity index (χ4n) is 0. The second kappa shape index (κ2) is 12.4. The molecule has 0 amide bonds. The van der Waals surface area contributed by atoms with Gasteiger partial charge in [0.15, 0.2) is 0 Å². The van der Waals surface area contributed by atoms with Crippen molar-refractivity contribution in [2.75, 3.05) is 0 Å². The maximum atomic E-state index is 8.74. The average Bonchev–Trinajstić information content (AvgIpc) is 0.722. The van der Waals surface area contributed by atoms with Crippen molar-refractivity contribution in [1.29, 1.82) is 0 Å². The fourth-order valence-corrected chi connectivity index (χ4v) is 0. The summed E-state index contributed by atoms with van der Waals surface area (Å²) in [6.07, 6.45) is 0. The van der Waals surface area contributed by atoms with Crippen LogP contribution < -0.4 is 59.1 Å². The second-order valence-electron chi connectivity index (χ2n) is 0.448. The number of rotatable bonds is 0. The monoisotopic (exact) mass is 186 g/mol. The molecule has 0 aromatic carbocycles. The Kier molecular flexibility index (Phi) is 42.7. The quantitative estimate of drug-likeness (QED) is 0.291. The summed E-state index contributed by atoms with van der Waals surface area (Å²) in [6.45, 7) is 0. The summed E-state index contributed by atoms with van der Waals surface area (Å²) in [4.78, 5) is 0. The zero-order valence-corrected chi connectivity index (χ0v) is 9.75. The molecule has 0 heterocycles. The van der Waals surface area contributed by atoms with Crippen LogP contribution in [0.4, 0.5) is 9.41 Å². The van der Waals surface area contributed by atoms with E-state index >= 15 is 0 Å². The van der Waals surface area contributed by atoms with E-state index < -0.39 is 10.4 Å². The van der Waals surface area contributed by atoms with E-state index in [4.69, 9.17) is 17.5 Å². The zero-order valence-electron chi connectivity index (χ0n) is 6.94. The van der Waals surface area contributed by atoms with Gasteiger partial charge >= 0.3 is 69.5 Å². The zero-order chi connectivity index (χ0) is 4.50. The second-order valence-corrected chi connectivity index (χ2v) is 1.34. The minimum absolute atomic E-state index is 0. The van der Waals surface area contributed by atoms with Gasteiger partial charge in [-0.2, -0.15) is 8.42 Å². The van der Waals surface area contributed by atoms with Crippen molar-refractivity contribution < 1.29 is 88.9 Å². The third-order valence-corrected chi connectivity index (χ3v) is 0. The third-order valence-electron chi connectivity index (χ3n) is 0. The van der Waals surface area contributed by atoms with Crippen LogP contribution in [-0.4, -0.2) is 17.5 Å². The van der Waals surface area contributed by atoms with Crippen molar-refractivity contribution >= 4 is 10.4 Å². The smallest absolute Gasteiger partial charge is 1.00 e. The first-order valence-corrected chi connectivity index (χ1v) is 2.10. The Hall–Kier alpha value is 1.73. The molecule has 0 saturated carbocycles. The molecule has 0 rings (SSSR count). The normalized spacial score (nSPS) is 6.44. The predicted molar refractivity (Wildman–Crippen MR) is 21.4 cm³/mol. The number of hydrogen-bond donors (Lipinski definition) is 2. The Morgan fingerprint density at radius 1 is 1.00 bits per heavy atom. The molecule has 2 N–H and O–H groups in total. The molecule has 0 aliphatic heterocycles. The largest absolute Gasteiger partial charge is 1.00 e. The molecule has 0 atom stereocenters. The van der Waals surface area contributed by atoms with E-state index in [0.29, 0.717) is 0 Å². The van der Waals surface area contributed by atoms with E-state index in [2.05, 4.69) is 0 Å². The first-order chi connectivity index (χ1) is 2.00. The molecule has 0 saturated heterocycles. The van der Waals surface area contributed by atoms with Crippen LogP contribution in [0, 0.1) is 0 Å². The molecule has 0 aliphatic rings. The number of hydrogen-bond acceptors (Lipinski definition) is 2. The maximum Gasteiger partial charge on any atom is 1.00 e. The van der Waals surface area contributed by atoms with Gasteiger partial charge in [0.1, 0.15) is 0 Å². The first-order valence-electron chi connectivity index (χ1n) is 0.698. The number of halogens is 2. The van der Waals surface area contributed by atoms with Crippen LogP contribution in [0.3, 0.4) is 0 Å². The summed E-state index contributed by atoms with van der Waals surface area (Å²) in [5.41, 5.74) is 0. The van der Waals surface area contributed by atoms with E-state index in [1.165, 1.54) is 0 Å². The molecule has 52 valence electrons. The standard InChI is InChI=1S/2FH.2Na.H2O4S.2H/c;;;;1-5(2,3)4;;/h2*1H;;;(H2,1,2,3,4);;/q;;2*+1;;2*-1. The van der Waals surface area contributed by atoms with E-state index in [1.54, 1.807) is 0 Å². The third kappa shape index (κ3) is 194. The summed E-state index contributed by atoms with van der Waals surface area (Å²) in [5, 5.41) is 0. The molecule has 0 spiro atoms. The molecule has 4 nitrogen and oxygen atoms in total. The van der Waals surface area contributed by atoms with Gasteiger partial charge in [0.2, 0.25) is 0 Å². The summed E-state index contributed by atoms with van der Waals surface area (Å²) in [7, 11) is -4.67. The SMILES string of the molecule is F.F.O=S(=O)(O)O.[H-].[H-].[Na+].[Na+]. The first kappa shape index (κ1) is 30.9. The fraction of sp³-hybridized carbons (Fsp3) is 0. The van der Waals surface area contributed by atoms with Crippen LogP contribution in [0.5, 0.6) is 0 Å². The van der Waals surface area contributed by atoms with Crippen LogP contribution in [0.1, 0.15) is 2.85 Å². The Bertz CT molecular complexity index is 107. The Morgan fingerprint density at radius 3 is 1.00 bits per heavy atom. The van der Waals surface area contributed by atoms with Crippen LogP contribution in [-0.2, 0) is 10.4 Å². The Labute approximate surface area is 98.3 Å². The van der Waals surface area contributed by atoms with Gasteiger partial charge in [-0.1, -0.05) is 0 Å². The minimum atomic E-state index is -4.67. The van der Waals surface area contributed by atoms with Gasteiger partial charge in [0.05, 0.1) is 0 Å². The van der Waals surface area contributed by atoms with Crippen molar-refractivity contribution in [3.63, 3.8) is 0 Å². The van der Waals surface area contributed by atoms with Gasteiger partial charge in [0, 0.05) is 0 Å².